The Morgan fingerprint density at radius 3 is 2.31 bits per heavy atom. The van der Waals surface area contributed by atoms with Gasteiger partial charge in [0.2, 0.25) is 5.91 Å². The molecule has 2 aliphatic rings. The third kappa shape index (κ3) is 8.25. The third-order valence-corrected chi connectivity index (χ3v) is 7.24. The molecule has 4 rings (SSSR count). The summed E-state index contributed by atoms with van der Waals surface area (Å²) >= 11 is 0. The van der Waals surface area contributed by atoms with Gasteiger partial charge in [-0.2, -0.15) is 4.98 Å². The maximum Gasteiger partial charge on any atom is 0.354 e. The number of nitrogens with zero attached hydrogens (tertiary/aromatic N) is 5. The highest BCUT2D eigenvalue weighted by Crippen LogP contribution is 2.14. The molecule has 2 saturated heterocycles. The summed E-state index contributed by atoms with van der Waals surface area (Å²) in [6, 6.07) is 9.48. The number of urea groups is 1. The van der Waals surface area contributed by atoms with Crippen LogP contribution in [0.5, 0.6) is 0 Å². The SMILES string of the molecule is CC(C)(N)C(=O)N1CCN(C(=O)Nc2ccn(-c3ccc(CCN4CCCC(N)CC4)cc3)c(=O)n2)CC1.Cl. The van der Waals surface area contributed by atoms with Crippen molar-refractivity contribution in [2.75, 3.05) is 51.1 Å². The molecule has 2 aromatic rings. The van der Waals surface area contributed by atoms with Crippen molar-refractivity contribution in [1.82, 2.24) is 24.3 Å². The second-order valence-electron chi connectivity index (χ2n) is 10.8. The van der Waals surface area contributed by atoms with Crippen LogP contribution in [-0.4, -0.2) is 93.6 Å². The predicted molar refractivity (Wildman–Crippen MR) is 154 cm³/mol. The topological polar surface area (TPSA) is 143 Å². The summed E-state index contributed by atoms with van der Waals surface area (Å²) in [5.74, 6) is 0.0464. The predicted octanol–water partition coefficient (Wildman–Crippen LogP) is 1.42. The lowest BCUT2D eigenvalue weighted by atomic mass is 10.1. The second kappa shape index (κ2) is 13.4. The fourth-order valence-electron chi connectivity index (χ4n) is 4.89. The molecular formula is C27H41ClN8O3. The van der Waals surface area contributed by atoms with Crippen LogP contribution in [0.15, 0.2) is 41.3 Å². The largest absolute Gasteiger partial charge is 0.354 e. The van der Waals surface area contributed by atoms with Gasteiger partial charge in [0.05, 0.1) is 11.2 Å². The van der Waals surface area contributed by atoms with Gasteiger partial charge in [-0.15, -0.1) is 12.4 Å². The van der Waals surface area contributed by atoms with Gasteiger partial charge in [-0.1, -0.05) is 12.1 Å². The molecule has 2 fully saturated rings. The van der Waals surface area contributed by atoms with Crippen molar-refractivity contribution in [1.29, 1.82) is 0 Å². The minimum atomic E-state index is -0.944. The number of nitrogens with two attached hydrogens (primary N) is 2. The highest BCUT2D eigenvalue weighted by atomic mass is 35.5. The number of hydrogen-bond donors (Lipinski definition) is 3. The van der Waals surface area contributed by atoms with E-state index in [9.17, 15) is 14.4 Å². The lowest BCUT2D eigenvalue weighted by Crippen LogP contribution is -2.58. The summed E-state index contributed by atoms with van der Waals surface area (Å²) in [7, 11) is 0. The Bertz CT molecular complexity index is 1170. The Morgan fingerprint density at radius 2 is 1.67 bits per heavy atom. The quantitative estimate of drug-likeness (QED) is 0.485. The number of carbonyl (C=O) groups is 2. The zero-order valence-corrected chi connectivity index (χ0v) is 23.7. The number of benzene rings is 1. The van der Waals surface area contributed by atoms with Crippen LogP contribution in [0.3, 0.4) is 0 Å². The molecule has 2 aliphatic heterocycles. The zero-order valence-electron chi connectivity index (χ0n) is 22.8. The number of amides is 3. The van der Waals surface area contributed by atoms with E-state index in [4.69, 9.17) is 11.5 Å². The Labute approximate surface area is 235 Å². The summed E-state index contributed by atoms with van der Waals surface area (Å²) in [4.78, 5) is 47.5. The molecule has 214 valence electrons. The zero-order chi connectivity index (χ0) is 27.3. The fraction of sp³-hybridized carbons (Fsp3) is 0.556. The number of piperazine rings is 1. The molecule has 1 aromatic heterocycles. The lowest BCUT2D eigenvalue weighted by molar-refractivity contribution is -0.137. The summed E-state index contributed by atoms with van der Waals surface area (Å²) in [6.45, 7) is 8.05. The molecule has 0 saturated carbocycles. The van der Waals surface area contributed by atoms with Gasteiger partial charge in [-0.05, 0) is 76.4 Å². The molecule has 5 N–H and O–H groups in total. The van der Waals surface area contributed by atoms with Crippen molar-refractivity contribution in [2.24, 2.45) is 11.5 Å². The summed E-state index contributed by atoms with van der Waals surface area (Å²) in [6.07, 6.45) is 5.86. The maximum absolute atomic E-state index is 12.7. The summed E-state index contributed by atoms with van der Waals surface area (Å²) in [5.41, 5.74) is 12.5. The minimum absolute atomic E-state index is 0. The van der Waals surface area contributed by atoms with Gasteiger partial charge in [0.15, 0.2) is 0 Å². The molecule has 1 unspecified atom stereocenters. The molecule has 11 nitrogen and oxygen atoms in total. The average molecular weight is 561 g/mol. The van der Waals surface area contributed by atoms with Crippen LogP contribution in [0.1, 0.15) is 38.7 Å². The molecule has 3 heterocycles. The first kappa shape index (κ1) is 30.6. The van der Waals surface area contributed by atoms with Crippen molar-refractivity contribution in [3.05, 3.63) is 52.6 Å². The van der Waals surface area contributed by atoms with Crippen molar-refractivity contribution in [3.8, 4) is 5.69 Å². The smallest absolute Gasteiger partial charge is 0.338 e. The highest BCUT2D eigenvalue weighted by molar-refractivity contribution is 5.89. The number of anilines is 1. The van der Waals surface area contributed by atoms with E-state index < -0.39 is 11.2 Å². The Balaban J connectivity index is 0.00000420. The van der Waals surface area contributed by atoms with Gasteiger partial charge in [0.1, 0.15) is 5.82 Å². The monoisotopic (exact) mass is 560 g/mol. The van der Waals surface area contributed by atoms with Crippen molar-refractivity contribution in [2.45, 2.75) is 51.1 Å². The van der Waals surface area contributed by atoms with Gasteiger partial charge in [-0.25, -0.2) is 9.59 Å². The molecule has 1 aromatic carbocycles. The number of halogens is 1. The van der Waals surface area contributed by atoms with Crippen molar-refractivity contribution in [3.63, 3.8) is 0 Å². The first-order chi connectivity index (χ1) is 18.1. The van der Waals surface area contributed by atoms with Crippen LogP contribution in [0.25, 0.3) is 5.69 Å². The minimum Gasteiger partial charge on any atom is -0.338 e. The number of likely N-dealkylation sites (tertiary alicyclic amines) is 1. The van der Waals surface area contributed by atoms with E-state index in [1.807, 2.05) is 24.3 Å². The van der Waals surface area contributed by atoms with Gasteiger partial charge in [-0.3, -0.25) is 14.7 Å². The van der Waals surface area contributed by atoms with E-state index in [0.29, 0.717) is 37.9 Å². The molecule has 3 amide bonds. The van der Waals surface area contributed by atoms with Crippen LogP contribution < -0.4 is 22.5 Å². The Hall–Kier alpha value is -2.99. The molecule has 1 atom stereocenters. The van der Waals surface area contributed by atoms with Crippen LogP contribution in [-0.2, 0) is 11.2 Å². The molecule has 0 radical (unpaired) electrons. The third-order valence-electron chi connectivity index (χ3n) is 7.24. The molecular weight excluding hydrogens is 520 g/mol. The number of hydrogen-bond acceptors (Lipinski definition) is 7. The van der Waals surface area contributed by atoms with E-state index >= 15 is 0 Å². The van der Waals surface area contributed by atoms with Crippen LogP contribution >= 0.6 is 12.4 Å². The Kier molecular flexibility index (Phi) is 10.5. The van der Waals surface area contributed by atoms with E-state index in [1.165, 1.54) is 10.1 Å². The first-order valence-corrected chi connectivity index (χ1v) is 13.4. The van der Waals surface area contributed by atoms with E-state index in [0.717, 1.165) is 45.3 Å². The van der Waals surface area contributed by atoms with Crippen molar-refractivity contribution < 1.29 is 9.59 Å². The number of rotatable bonds is 6. The summed E-state index contributed by atoms with van der Waals surface area (Å²) in [5, 5.41) is 2.69. The van der Waals surface area contributed by atoms with Gasteiger partial charge in [0, 0.05) is 45.0 Å². The fourth-order valence-corrected chi connectivity index (χ4v) is 4.89. The van der Waals surface area contributed by atoms with Crippen LogP contribution in [0.4, 0.5) is 10.6 Å². The molecule has 0 spiro atoms. The normalized spacial score (nSPS) is 18.7. The Morgan fingerprint density at radius 1 is 1.00 bits per heavy atom. The van der Waals surface area contributed by atoms with Gasteiger partial charge >= 0.3 is 11.7 Å². The van der Waals surface area contributed by atoms with E-state index in [1.54, 1.807) is 35.9 Å². The van der Waals surface area contributed by atoms with Gasteiger partial charge in [0.25, 0.3) is 0 Å². The molecule has 12 heteroatoms. The lowest BCUT2D eigenvalue weighted by Gasteiger charge is -2.37. The molecule has 0 aliphatic carbocycles. The standard InChI is InChI=1S/C27H40N8O3.ClH/c1-27(2,29)24(36)33-16-18-34(19-17-33)25(37)30-23-11-15-35(26(38)31-23)22-7-5-20(6-8-22)9-13-32-12-3-4-21(28)10-14-32;/h5-8,11,15,21H,3-4,9-10,12-14,16-19,28-29H2,1-2H3,(H,30,31,37,38);1H. The summed E-state index contributed by atoms with van der Waals surface area (Å²) < 4.78 is 1.45. The number of aromatic nitrogens is 2. The number of nitrogens with one attached hydrogen (secondary N) is 1. The first-order valence-electron chi connectivity index (χ1n) is 13.4. The maximum atomic E-state index is 12.7. The molecule has 0 bridgehead atoms. The molecule has 39 heavy (non-hydrogen) atoms. The second-order valence-corrected chi connectivity index (χ2v) is 10.8. The average Bonchev–Trinajstić information content (AvgIpc) is 3.11. The number of carbonyl (C=O) groups excluding carboxylic acids is 2. The highest BCUT2D eigenvalue weighted by Gasteiger charge is 2.31. The van der Waals surface area contributed by atoms with Crippen LogP contribution in [0, 0.1) is 0 Å². The van der Waals surface area contributed by atoms with Gasteiger partial charge < -0.3 is 26.2 Å². The van der Waals surface area contributed by atoms with E-state index in [2.05, 4.69) is 15.2 Å². The van der Waals surface area contributed by atoms with Crippen LogP contribution in [0.2, 0.25) is 0 Å². The van der Waals surface area contributed by atoms with Crippen molar-refractivity contribution >= 4 is 30.2 Å². The van der Waals surface area contributed by atoms with E-state index in [-0.39, 0.29) is 30.2 Å².